The van der Waals surface area contributed by atoms with Gasteiger partial charge in [0.25, 0.3) is 5.91 Å². The highest BCUT2D eigenvalue weighted by Crippen LogP contribution is 2.34. The molecule has 3 N–H and O–H groups in total. The van der Waals surface area contributed by atoms with Crippen molar-refractivity contribution in [1.82, 2.24) is 30.2 Å². The van der Waals surface area contributed by atoms with Crippen molar-refractivity contribution in [3.05, 3.63) is 35.4 Å². The Balaban J connectivity index is 1.86. The minimum Gasteiger partial charge on any atom is -0.387 e. The number of hydrogen-bond acceptors (Lipinski definition) is 7. The molecule has 1 aliphatic heterocycles. The molecule has 5 rings (SSSR count). The molecule has 1 aliphatic rings. The van der Waals surface area contributed by atoms with E-state index < -0.39 is 11.6 Å². The number of hydrogen-bond donors (Lipinski definition) is 3. The molecular weight excluding hydrogens is 430 g/mol. The molecule has 0 unspecified atom stereocenters. The quantitative estimate of drug-likeness (QED) is 0.437. The van der Waals surface area contributed by atoms with E-state index in [-0.39, 0.29) is 34.7 Å². The van der Waals surface area contributed by atoms with Gasteiger partial charge in [-0.2, -0.15) is 0 Å². The Morgan fingerprint density at radius 1 is 1.06 bits per heavy atom. The van der Waals surface area contributed by atoms with E-state index in [0.29, 0.717) is 28.1 Å². The summed E-state index contributed by atoms with van der Waals surface area (Å²) in [4.78, 5) is 19.5. The lowest BCUT2D eigenvalue weighted by atomic mass is 10.1. The molecule has 33 heavy (non-hydrogen) atoms. The zero-order valence-corrected chi connectivity index (χ0v) is 18.7. The van der Waals surface area contributed by atoms with Crippen LogP contribution in [0.15, 0.2) is 18.2 Å². The van der Waals surface area contributed by atoms with Gasteiger partial charge in [0.2, 0.25) is 0 Å². The third-order valence-electron chi connectivity index (χ3n) is 6.00. The van der Waals surface area contributed by atoms with Gasteiger partial charge in [0, 0.05) is 56.8 Å². The maximum Gasteiger partial charge on any atom is 0.256 e. The molecule has 1 aromatic carbocycles. The van der Waals surface area contributed by atoms with Gasteiger partial charge in [0.1, 0.15) is 5.56 Å². The molecule has 3 aromatic heterocycles. The number of fused-ring (bicyclic) bond motifs is 5. The summed E-state index contributed by atoms with van der Waals surface area (Å²) >= 11 is 0. The Morgan fingerprint density at radius 2 is 1.76 bits per heavy atom. The number of anilines is 2. The topological polar surface area (TPSA) is 99.5 Å². The Kier molecular flexibility index (Phi) is 5.00. The lowest BCUT2D eigenvalue weighted by Crippen LogP contribution is -2.54. The predicted octanol–water partition coefficient (Wildman–Crippen LogP) is 2.30. The summed E-state index contributed by atoms with van der Waals surface area (Å²) in [5.74, 6) is -1.74. The average Bonchev–Trinajstić information content (AvgIpc) is 3.14. The van der Waals surface area contributed by atoms with Crippen LogP contribution in [0.4, 0.5) is 20.3 Å². The van der Waals surface area contributed by atoms with Gasteiger partial charge in [0.15, 0.2) is 28.7 Å². The minimum absolute atomic E-state index is 0.212. The van der Waals surface area contributed by atoms with Gasteiger partial charge in [-0.25, -0.2) is 13.8 Å². The molecule has 0 spiro atoms. The zero-order valence-electron chi connectivity index (χ0n) is 18.7. The molecule has 0 bridgehead atoms. The number of carbonyl (C=O) groups excluding carboxylic acids is 1. The fourth-order valence-corrected chi connectivity index (χ4v) is 4.69. The minimum atomic E-state index is -1.01. The van der Waals surface area contributed by atoms with Gasteiger partial charge in [-0.1, -0.05) is 0 Å². The molecule has 172 valence electrons. The van der Waals surface area contributed by atoms with Crippen LogP contribution in [-0.4, -0.2) is 64.8 Å². The SMILES string of the molecule is CNC(=O)c1c(NC)c2cc(N3C[C@@H](C)N[C@@H](C)C3)nnc2n2c1nc1cc(F)c(F)cc12. The molecule has 1 amide bonds. The van der Waals surface area contributed by atoms with Crippen molar-refractivity contribution < 1.29 is 13.6 Å². The molecule has 1 saturated heterocycles. The monoisotopic (exact) mass is 454 g/mol. The molecule has 0 radical (unpaired) electrons. The van der Waals surface area contributed by atoms with E-state index >= 15 is 0 Å². The maximum absolute atomic E-state index is 14.1. The van der Waals surface area contributed by atoms with E-state index in [2.05, 4.69) is 49.9 Å². The van der Waals surface area contributed by atoms with Gasteiger partial charge in [0.05, 0.1) is 16.7 Å². The smallest absolute Gasteiger partial charge is 0.256 e. The molecule has 1 fully saturated rings. The Hall–Kier alpha value is -3.60. The van der Waals surface area contributed by atoms with Gasteiger partial charge < -0.3 is 20.9 Å². The Bertz CT molecular complexity index is 1410. The molecule has 11 heteroatoms. The zero-order chi connectivity index (χ0) is 23.4. The second kappa shape index (κ2) is 7.77. The van der Waals surface area contributed by atoms with Gasteiger partial charge in [-0.3, -0.25) is 9.20 Å². The lowest BCUT2D eigenvalue weighted by molar-refractivity contribution is 0.0965. The number of aromatic nitrogens is 4. The number of nitrogens with zero attached hydrogens (tertiary/aromatic N) is 5. The molecule has 0 aliphatic carbocycles. The van der Waals surface area contributed by atoms with Crippen LogP contribution >= 0.6 is 0 Å². The number of pyridine rings is 1. The number of imidazole rings is 1. The second-order valence-corrected chi connectivity index (χ2v) is 8.42. The van der Waals surface area contributed by atoms with Crippen molar-refractivity contribution in [2.45, 2.75) is 25.9 Å². The van der Waals surface area contributed by atoms with Gasteiger partial charge in [-0.05, 0) is 19.9 Å². The van der Waals surface area contributed by atoms with E-state index in [0.717, 1.165) is 25.2 Å². The summed E-state index contributed by atoms with van der Waals surface area (Å²) in [7, 11) is 3.22. The summed E-state index contributed by atoms with van der Waals surface area (Å²) in [5.41, 5.74) is 1.90. The van der Waals surface area contributed by atoms with Gasteiger partial charge >= 0.3 is 0 Å². The first kappa shape index (κ1) is 21.3. The number of nitrogens with one attached hydrogen (secondary N) is 3. The number of piperazine rings is 1. The van der Waals surface area contributed by atoms with Crippen LogP contribution in [0, 0.1) is 11.6 Å². The highest BCUT2D eigenvalue weighted by molar-refractivity contribution is 6.13. The third kappa shape index (κ3) is 3.30. The number of rotatable bonds is 3. The number of amides is 1. The van der Waals surface area contributed by atoms with Crippen molar-refractivity contribution >= 4 is 45.1 Å². The Labute approximate surface area is 188 Å². The number of benzene rings is 1. The fourth-order valence-electron chi connectivity index (χ4n) is 4.69. The molecule has 2 atom stereocenters. The van der Waals surface area contributed by atoms with Crippen LogP contribution in [0.1, 0.15) is 24.2 Å². The third-order valence-corrected chi connectivity index (χ3v) is 6.00. The average molecular weight is 454 g/mol. The molecular formula is C22H24F2N8O. The van der Waals surface area contributed by atoms with Crippen LogP contribution in [0.3, 0.4) is 0 Å². The van der Waals surface area contributed by atoms with E-state index in [4.69, 9.17) is 0 Å². The maximum atomic E-state index is 14.1. The Morgan fingerprint density at radius 3 is 2.42 bits per heavy atom. The van der Waals surface area contributed by atoms with Crippen LogP contribution in [0.25, 0.3) is 27.7 Å². The van der Waals surface area contributed by atoms with Crippen molar-refractivity contribution in [3.8, 4) is 0 Å². The van der Waals surface area contributed by atoms with E-state index in [1.165, 1.54) is 7.05 Å². The molecule has 4 heterocycles. The van der Waals surface area contributed by atoms with Crippen molar-refractivity contribution in [2.75, 3.05) is 37.4 Å². The first-order valence-electron chi connectivity index (χ1n) is 10.7. The number of carbonyl (C=O) groups is 1. The fraction of sp³-hybridized carbons (Fsp3) is 0.364. The summed E-state index contributed by atoms with van der Waals surface area (Å²) in [6.07, 6.45) is 0. The van der Waals surface area contributed by atoms with Crippen molar-refractivity contribution in [2.24, 2.45) is 0 Å². The largest absolute Gasteiger partial charge is 0.387 e. The van der Waals surface area contributed by atoms with E-state index in [1.54, 1.807) is 11.4 Å². The molecule has 9 nitrogen and oxygen atoms in total. The molecule has 4 aromatic rings. The van der Waals surface area contributed by atoms with Crippen molar-refractivity contribution in [1.29, 1.82) is 0 Å². The van der Waals surface area contributed by atoms with E-state index in [9.17, 15) is 13.6 Å². The van der Waals surface area contributed by atoms with Crippen LogP contribution in [0.2, 0.25) is 0 Å². The first-order valence-corrected chi connectivity index (χ1v) is 10.7. The molecule has 0 saturated carbocycles. The second-order valence-electron chi connectivity index (χ2n) is 8.42. The summed E-state index contributed by atoms with van der Waals surface area (Å²) in [6, 6.07) is 4.49. The van der Waals surface area contributed by atoms with Crippen molar-refractivity contribution in [3.63, 3.8) is 0 Å². The summed E-state index contributed by atoms with van der Waals surface area (Å²) < 4.78 is 29.6. The highest BCUT2D eigenvalue weighted by atomic mass is 19.2. The number of halogens is 2. The highest BCUT2D eigenvalue weighted by Gasteiger charge is 2.27. The van der Waals surface area contributed by atoms with E-state index in [1.807, 2.05) is 6.07 Å². The van der Waals surface area contributed by atoms with Crippen LogP contribution in [-0.2, 0) is 0 Å². The predicted molar refractivity (Wildman–Crippen MR) is 123 cm³/mol. The van der Waals surface area contributed by atoms with Gasteiger partial charge in [-0.15, -0.1) is 10.2 Å². The first-order chi connectivity index (χ1) is 15.8. The van der Waals surface area contributed by atoms with Crippen LogP contribution < -0.4 is 20.9 Å². The summed E-state index contributed by atoms with van der Waals surface area (Å²) in [6.45, 7) is 5.72. The van der Waals surface area contributed by atoms with Crippen LogP contribution in [0.5, 0.6) is 0 Å². The normalized spacial score (nSPS) is 18.9. The standard InChI is InChI=1S/C22H24F2N8O/c1-10-8-31(9-11(2)27-10)17-5-12-19(25-3)18(22(33)26-4)21-28-15-6-13(23)14(24)7-16(15)32(21)20(12)30-29-17/h5-7,10-11,25,27H,8-9H2,1-4H3,(H,26,33)/t10-,11+. The summed E-state index contributed by atoms with van der Waals surface area (Å²) in [5, 5.41) is 18.8. The lowest BCUT2D eigenvalue weighted by Gasteiger charge is -2.36.